The SMILES string of the molecule is C=CCCCCC(CCCC)(CCCC)CCCCCCC[P+](CCCCCCCC)(CCCCCCCC)Cc1ccccc1.[Cl-]. The van der Waals surface area contributed by atoms with Gasteiger partial charge in [0.25, 0.3) is 0 Å². The zero-order chi connectivity index (χ0) is 33.4. The van der Waals surface area contributed by atoms with Crippen LogP contribution in [0.4, 0.5) is 0 Å². The number of hydrogen-bond donors (Lipinski definition) is 0. The Hall–Kier alpha value is -0.320. The largest absolute Gasteiger partial charge is 1.00 e. The van der Waals surface area contributed by atoms with E-state index in [1.165, 1.54) is 186 Å². The van der Waals surface area contributed by atoms with Crippen LogP contribution in [-0.4, -0.2) is 18.5 Å². The van der Waals surface area contributed by atoms with Gasteiger partial charge in [0.15, 0.2) is 0 Å². The van der Waals surface area contributed by atoms with E-state index in [4.69, 9.17) is 0 Å². The van der Waals surface area contributed by atoms with E-state index in [0.717, 1.165) is 0 Å². The smallest absolute Gasteiger partial charge is 0.0842 e. The van der Waals surface area contributed by atoms with Crippen molar-refractivity contribution in [2.45, 2.75) is 214 Å². The van der Waals surface area contributed by atoms with Crippen molar-refractivity contribution in [2.24, 2.45) is 5.41 Å². The topological polar surface area (TPSA) is 0 Å². The maximum atomic E-state index is 3.97. The van der Waals surface area contributed by atoms with Gasteiger partial charge in [-0.05, 0) is 88.0 Å². The van der Waals surface area contributed by atoms with Crippen molar-refractivity contribution in [2.75, 3.05) is 18.5 Å². The molecule has 0 spiro atoms. The summed E-state index contributed by atoms with van der Waals surface area (Å²) in [6.45, 7) is 13.4. The monoisotopic (exact) mass is 691 g/mol. The predicted octanol–water partition coefficient (Wildman–Crippen LogP) is 13.4. The van der Waals surface area contributed by atoms with Crippen LogP contribution in [0.3, 0.4) is 0 Å². The van der Waals surface area contributed by atoms with Gasteiger partial charge >= 0.3 is 0 Å². The number of halogens is 1. The average Bonchev–Trinajstić information content (AvgIpc) is 3.07. The third-order valence-electron chi connectivity index (χ3n) is 11.2. The number of benzene rings is 1. The van der Waals surface area contributed by atoms with Gasteiger partial charge in [0.2, 0.25) is 0 Å². The van der Waals surface area contributed by atoms with Crippen molar-refractivity contribution in [3.8, 4) is 0 Å². The fourth-order valence-corrected chi connectivity index (χ4v) is 12.9. The molecule has 0 N–H and O–H groups in total. The normalized spacial score (nSPS) is 11.9. The molecule has 0 nitrogen and oxygen atoms in total. The Morgan fingerprint density at radius 3 is 1.32 bits per heavy atom. The van der Waals surface area contributed by atoms with Crippen LogP contribution in [0.2, 0.25) is 0 Å². The highest BCUT2D eigenvalue weighted by atomic mass is 35.5. The lowest BCUT2D eigenvalue weighted by Crippen LogP contribution is -3.00. The van der Waals surface area contributed by atoms with E-state index >= 15 is 0 Å². The van der Waals surface area contributed by atoms with Crippen molar-refractivity contribution in [3.63, 3.8) is 0 Å². The molecule has 1 aromatic carbocycles. The Morgan fingerprint density at radius 2 is 0.872 bits per heavy atom. The molecule has 0 aromatic heterocycles. The molecule has 0 amide bonds. The molecule has 1 rings (SSSR count). The fraction of sp³-hybridized carbons (Fsp3) is 0.822. The third kappa shape index (κ3) is 24.5. The summed E-state index contributed by atoms with van der Waals surface area (Å²) < 4.78 is 0. The van der Waals surface area contributed by atoms with Gasteiger partial charge in [0.05, 0.1) is 24.6 Å². The summed E-state index contributed by atoms with van der Waals surface area (Å²) in [5, 5.41) is 0. The Kier molecular flexibility index (Phi) is 32.6. The first-order chi connectivity index (χ1) is 22.6. The Balaban J connectivity index is 0.0000212. The number of allylic oxidation sites excluding steroid dienone is 1. The summed E-state index contributed by atoms with van der Waals surface area (Å²) in [4.78, 5) is 0. The number of rotatable bonds is 35. The second-order valence-corrected chi connectivity index (χ2v) is 19.8. The van der Waals surface area contributed by atoms with Gasteiger partial charge in [-0.15, -0.1) is 6.58 Å². The molecular weight excluding hydrogens is 607 g/mol. The van der Waals surface area contributed by atoms with Gasteiger partial charge in [-0.25, -0.2) is 0 Å². The predicted molar refractivity (Wildman–Crippen MR) is 216 cm³/mol. The quantitative estimate of drug-likeness (QED) is 0.0378. The summed E-state index contributed by atoms with van der Waals surface area (Å²) >= 11 is 0. The molecule has 0 bridgehead atoms. The molecule has 0 radical (unpaired) electrons. The Morgan fingerprint density at radius 1 is 0.489 bits per heavy atom. The van der Waals surface area contributed by atoms with E-state index in [1.54, 1.807) is 24.0 Å². The van der Waals surface area contributed by atoms with Crippen molar-refractivity contribution in [1.82, 2.24) is 0 Å². The highest BCUT2D eigenvalue weighted by molar-refractivity contribution is 7.75. The second-order valence-electron chi connectivity index (χ2n) is 15.5. The molecular formula is C45H84ClP. The minimum atomic E-state index is -0.962. The summed E-state index contributed by atoms with van der Waals surface area (Å²) in [6, 6.07) is 11.7. The molecule has 0 unspecified atom stereocenters. The van der Waals surface area contributed by atoms with Crippen molar-refractivity contribution in [1.29, 1.82) is 0 Å². The number of unbranched alkanes of at least 4 members (excludes halogenated alkanes) is 18. The van der Waals surface area contributed by atoms with E-state index in [1.807, 2.05) is 0 Å². The molecule has 0 fully saturated rings. The molecule has 0 saturated carbocycles. The van der Waals surface area contributed by atoms with E-state index in [0.29, 0.717) is 5.41 Å². The van der Waals surface area contributed by atoms with Crippen LogP contribution in [-0.2, 0) is 6.16 Å². The third-order valence-corrected chi connectivity index (χ3v) is 16.0. The standard InChI is InChI=1S/C45H84P.ClH/c1-6-11-16-19-23-31-40-46(41-32-24-20-17-12-7-2,43-44-34-27-26-28-35-44)42-33-25-21-22-30-39-45(36-14-9-4,37-15-10-5)38-29-18-13-8-3;/h8,26-28,34-35H,3,6-7,9-25,29-33,36-43H2,1-2,4-5H3;1H/q+1;/p-1. The Labute approximate surface area is 304 Å². The lowest BCUT2D eigenvalue weighted by molar-refractivity contribution is -0.0000106. The molecule has 0 aliphatic heterocycles. The highest BCUT2D eigenvalue weighted by Gasteiger charge is 2.36. The summed E-state index contributed by atoms with van der Waals surface area (Å²) in [7, 11) is -0.962. The number of hydrogen-bond acceptors (Lipinski definition) is 0. The lowest BCUT2D eigenvalue weighted by Gasteiger charge is -2.35. The summed E-state index contributed by atoms with van der Waals surface area (Å²) in [5.41, 5.74) is 2.26. The van der Waals surface area contributed by atoms with Crippen molar-refractivity contribution < 1.29 is 12.4 Å². The zero-order valence-corrected chi connectivity index (χ0v) is 34.3. The second kappa shape index (κ2) is 32.9. The first-order valence-corrected chi connectivity index (χ1v) is 23.6. The molecule has 0 atom stereocenters. The lowest BCUT2D eigenvalue weighted by atomic mass is 9.71. The summed E-state index contributed by atoms with van der Waals surface area (Å²) in [5.74, 6) is 0. The molecule has 47 heavy (non-hydrogen) atoms. The highest BCUT2D eigenvalue weighted by Crippen LogP contribution is 2.63. The van der Waals surface area contributed by atoms with Crippen LogP contribution in [0.25, 0.3) is 0 Å². The molecule has 0 aliphatic carbocycles. The molecule has 276 valence electrons. The average molecular weight is 692 g/mol. The minimum absolute atomic E-state index is 0. The van der Waals surface area contributed by atoms with Crippen LogP contribution in [0, 0.1) is 5.41 Å². The van der Waals surface area contributed by atoms with E-state index in [-0.39, 0.29) is 12.4 Å². The van der Waals surface area contributed by atoms with Gasteiger partial charge < -0.3 is 12.4 Å². The van der Waals surface area contributed by atoms with E-state index < -0.39 is 7.26 Å². The van der Waals surface area contributed by atoms with Gasteiger partial charge in [0.1, 0.15) is 0 Å². The van der Waals surface area contributed by atoms with Crippen LogP contribution in [0.1, 0.15) is 213 Å². The zero-order valence-electron chi connectivity index (χ0n) is 32.6. The summed E-state index contributed by atoms with van der Waals surface area (Å²) in [6.07, 6.45) is 48.3. The first-order valence-electron chi connectivity index (χ1n) is 21.1. The molecule has 0 aliphatic rings. The van der Waals surface area contributed by atoms with E-state index in [2.05, 4.69) is 70.7 Å². The maximum absolute atomic E-state index is 3.97. The fourth-order valence-electron chi connectivity index (χ4n) is 8.12. The molecule has 1 aromatic rings. The van der Waals surface area contributed by atoms with Crippen LogP contribution in [0.5, 0.6) is 0 Å². The van der Waals surface area contributed by atoms with Crippen LogP contribution in [0.15, 0.2) is 43.0 Å². The molecule has 0 heterocycles. The minimum Gasteiger partial charge on any atom is -1.00 e. The molecule has 0 saturated heterocycles. The van der Waals surface area contributed by atoms with Gasteiger partial charge in [-0.1, -0.05) is 167 Å². The van der Waals surface area contributed by atoms with Crippen molar-refractivity contribution in [3.05, 3.63) is 48.6 Å². The van der Waals surface area contributed by atoms with Crippen molar-refractivity contribution >= 4 is 7.26 Å². The van der Waals surface area contributed by atoms with Crippen LogP contribution < -0.4 is 12.4 Å². The maximum Gasteiger partial charge on any atom is 0.0842 e. The molecule has 2 heteroatoms. The van der Waals surface area contributed by atoms with Gasteiger partial charge in [-0.2, -0.15) is 0 Å². The Bertz CT molecular complexity index is 749. The van der Waals surface area contributed by atoms with Gasteiger partial charge in [-0.3, -0.25) is 0 Å². The van der Waals surface area contributed by atoms with Crippen LogP contribution >= 0.6 is 7.26 Å². The van der Waals surface area contributed by atoms with Gasteiger partial charge in [0, 0.05) is 7.26 Å². The van der Waals surface area contributed by atoms with E-state index in [9.17, 15) is 0 Å². The first kappa shape index (κ1) is 46.7.